The average Bonchev–Trinajstić information content (AvgIpc) is 2.81. The molecule has 1 aliphatic rings. The molecular weight excluding hydrogens is 459 g/mol. The van der Waals surface area contributed by atoms with Crippen molar-refractivity contribution in [3.63, 3.8) is 0 Å². The van der Waals surface area contributed by atoms with Crippen molar-refractivity contribution in [3.05, 3.63) is 87.4 Å². The molecule has 4 rings (SSSR count). The van der Waals surface area contributed by atoms with Gasteiger partial charge in [0.15, 0.2) is 11.5 Å². The molecule has 0 fully saturated rings. The quantitative estimate of drug-likeness (QED) is 0.390. The Bertz CT molecular complexity index is 1150. The van der Waals surface area contributed by atoms with E-state index in [0.717, 1.165) is 28.2 Å². The molecule has 0 radical (unpaired) electrons. The van der Waals surface area contributed by atoms with Crippen LogP contribution in [-0.2, 0) is 0 Å². The van der Waals surface area contributed by atoms with Gasteiger partial charge < -0.3 is 14.6 Å². The van der Waals surface area contributed by atoms with E-state index in [-0.39, 0.29) is 11.8 Å². The Labute approximate surface area is 204 Å². The van der Waals surface area contributed by atoms with Gasteiger partial charge in [0.25, 0.3) is 0 Å². The lowest BCUT2D eigenvalue weighted by Crippen LogP contribution is -2.33. The average molecular weight is 485 g/mol. The summed E-state index contributed by atoms with van der Waals surface area (Å²) in [5.41, 5.74) is 3.45. The highest BCUT2D eigenvalue weighted by atomic mass is 35.5. The van der Waals surface area contributed by atoms with Crippen LogP contribution < -0.4 is 14.8 Å². The van der Waals surface area contributed by atoms with Crippen LogP contribution in [0, 0.1) is 0 Å². The minimum absolute atomic E-state index is 0.130. The van der Waals surface area contributed by atoms with Gasteiger partial charge in [0, 0.05) is 39.3 Å². The van der Waals surface area contributed by atoms with E-state index in [1.807, 2.05) is 56.3 Å². The lowest BCUT2D eigenvalue weighted by Gasteiger charge is -2.31. The van der Waals surface area contributed by atoms with Gasteiger partial charge >= 0.3 is 0 Å². The fourth-order valence-corrected chi connectivity index (χ4v) is 4.48. The van der Waals surface area contributed by atoms with Gasteiger partial charge in [0.1, 0.15) is 11.9 Å². The molecule has 3 aromatic carbocycles. The molecule has 0 aromatic heterocycles. The molecule has 0 saturated heterocycles. The zero-order chi connectivity index (χ0) is 23.4. The Balaban J connectivity index is 1.75. The molecule has 7 heteroatoms. The van der Waals surface area contributed by atoms with Gasteiger partial charge in [-0.05, 0) is 61.9 Å². The second-order valence-electron chi connectivity index (χ2n) is 7.65. The topological polar surface area (TPSA) is 63.1 Å². The summed E-state index contributed by atoms with van der Waals surface area (Å²) in [5, 5.41) is 15.5. The first kappa shape index (κ1) is 23.4. The van der Waals surface area contributed by atoms with Crippen molar-refractivity contribution in [2.45, 2.75) is 32.5 Å². The summed E-state index contributed by atoms with van der Waals surface area (Å²) in [6.45, 7) is 4.93. The summed E-state index contributed by atoms with van der Waals surface area (Å²) in [6.07, 6.45) is 0.170. The number of aliphatic imine (C=N–C) groups is 1. The molecule has 0 spiro atoms. The van der Waals surface area contributed by atoms with Crippen LogP contribution in [0.25, 0.3) is 0 Å². The van der Waals surface area contributed by atoms with Crippen molar-refractivity contribution in [2.24, 2.45) is 4.99 Å². The predicted molar refractivity (Wildman–Crippen MR) is 133 cm³/mol. The first-order chi connectivity index (χ1) is 16.0. The smallest absolute Gasteiger partial charge is 0.162 e. The van der Waals surface area contributed by atoms with Gasteiger partial charge in [-0.1, -0.05) is 41.4 Å². The molecule has 0 saturated carbocycles. The molecule has 1 aliphatic heterocycles. The highest BCUT2D eigenvalue weighted by Crippen LogP contribution is 2.40. The van der Waals surface area contributed by atoms with Crippen LogP contribution >= 0.6 is 23.2 Å². The van der Waals surface area contributed by atoms with Crippen LogP contribution in [-0.4, -0.2) is 24.0 Å². The Morgan fingerprint density at radius 1 is 0.970 bits per heavy atom. The Kier molecular flexibility index (Phi) is 7.43. The second kappa shape index (κ2) is 10.5. The van der Waals surface area contributed by atoms with Crippen molar-refractivity contribution >= 4 is 28.9 Å². The molecule has 2 N–H and O–H groups in total. The normalized spacial score (nSPS) is 18.0. The van der Waals surface area contributed by atoms with Crippen LogP contribution in [0.3, 0.4) is 0 Å². The lowest BCUT2D eigenvalue weighted by atomic mass is 9.93. The van der Waals surface area contributed by atoms with Crippen LogP contribution in [0.4, 0.5) is 0 Å². The largest absolute Gasteiger partial charge is 0.504 e. The molecule has 2 atom stereocenters. The van der Waals surface area contributed by atoms with Gasteiger partial charge in [0.05, 0.1) is 13.2 Å². The number of rotatable bonds is 7. The van der Waals surface area contributed by atoms with Crippen molar-refractivity contribution in [2.75, 3.05) is 13.2 Å². The first-order valence-electron chi connectivity index (χ1n) is 11.0. The number of para-hydroxylation sites is 1. The molecular formula is C26H26Cl2N2O3. The van der Waals surface area contributed by atoms with E-state index in [2.05, 4.69) is 5.32 Å². The predicted octanol–water partition coefficient (Wildman–Crippen LogP) is 6.72. The fourth-order valence-electron chi connectivity index (χ4n) is 3.97. The van der Waals surface area contributed by atoms with E-state index < -0.39 is 6.17 Å². The van der Waals surface area contributed by atoms with Crippen LogP contribution in [0.2, 0.25) is 10.0 Å². The number of hydrogen-bond donors (Lipinski definition) is 2. The summed E-state index contributed by atoms with van der Waals surface area (Å²) < 4.78 is 11.2. The van der Waals surface area contributed by atoms with Crippen molar-refractivity contribution in [3.8, 4) is 17.2 Å². The van der Waals surface area contributed by atoms with Crippen LogP contribution in [0.5, 0.6) is 17.2 Å². The highest BCUT2D eigenvalue weighted by molar-refractivity contribution is 6.35. The maximum atomic E-state index is 10.9. The Morgan fingerprint density at radius 2 is 1.73 bits per heavy atom. The van der Waals surface area contributed by atoms with Gasteiger partial charge in [-0.3, -0.25) is 10.3 Å². The molecule has 172 valence electrons. The lowest BCUT2D eigenvalue weighted by molar-refractivity contribution is 0.313. The van der Waals surface area contributed by atoms with Crippen molar-refractivity contribution < 1.29 is 14.6 Å². The van der Waals surface area contributed by atoms with Gasteiger partial charge in [-0.25, -0.2) is 0 Å². The minimum Gasteiger partial charge on any atom is -0.504 e. The number of ether oxygens (including phenoxy) is 2. The van der Waals surface area contributed by atoms with Gasteiger partial charge in [-0.2, -0.15) is 0 Å². The first-order valence-corrected chi connectivity index (χ1v) is 11.7. The summed E-state index contributed by atoms with van der Waals surface area (Å²) in [5.74, 6) is 1.40. The van der Waals surface area contributed by atoms with Gasteiger partial charge in [-0.15, -0.1) is 0 Å². The standard InChI is InChI=1S/C26H26Cl2N2O3/c1-3-32-18-11-8-16(9-12-18)22-15-23(20-6-5-7-24(25(20)31)33-4-2)30-26(29-22)19-13-10-17(27)14-21(19)28/h5-14,23,26,30-31H,3-4,15H2,1-2H3/t23-,26+/m0/s1. The zero-order valence-corrected chi connectivity index (χ0v) is 20.0. The van der Waals surface area contributed by atoms with Crippen LogP contribution in [0.15, 0.2) is 65.7 Å². The zero-order valence-electron chi connectivity index (χ0n) is 18.5. The molecule has 0 amide bonds. The maximum absolute atomic E-state index is 10.9. The maximum Gasteiger partial charge on any atom is 0.162 e. The molecule has 0 aliphatic carbocycles. The number of hydrogen-bond acceptors (Lipinski definition) is 5. The molecule has 0 unspecified atom stereocenters. The monoisotopic (exact) mass is 484 g/mol. The Morgan fingerprint density at radius 3 is 2.42 bits per heavy atom. The number of benzene rings is 3. The van der Waals surface area contributed by atoms with E-state index in [1.165, 1.54) is 0 Å². The van der Waals surface area contributed by atoms with Crippen molar-refractivity contribution in [1.82, 2.24) is 5.32 Å². The SMILES string of the molecule is CCOc1ccc(C2=N[C@@H](c3ccc(Cl)cc3Cl)N[C@H](c3cccc(OCC)c3O)C2)cc1. The number of aromatic hydroxyl groups is 1. The van der Waals surface area contributed by atoms with E-state index in [1.54, 1.807) is 18.2 Å². The number of phenols is 1. The third-order valence-electron chi connectivity index (χ3n) is 5.50. The number of phenolic OH excluding ortho intramolecular Hbond substituents is 1. The third kappa shape index (κ3) is 5.27. The van der Waals surface area contributed by atoms with E-state index in [9.17, 15) is 5.11 Å². The van der Waals surface area contributed by atoms with E-state index >= 15 is 0 Å². The second-order valence-corrected chi connectivity index (χ2v) is 8.50. The third-order valence-corrected chi connectivity index (χ3v) is 6.06. The summed E-state index contributed by atoms with van der Waals surface area (Å²) in [6, 6.07) is 18.6. The fraction of sp³-hybridized carbons (Fsp3) is 0.269. The molecule has 33 heavy (non-hydrogen) atoms. The number of halogens is 2. The minimum atomic E-state index is -0.412. The number of nitrogens with one attached hydrogen (secondary N) is 1. The molecule has 1 heterocycles. The number of nitrogens with zero attached hydrogens (tertiary/aromatic N) is 1. The van der Waals surface area contributed by atoms with E-state index in [0.29, 0.717) is 35.4 Å². The molecule has 3 aromatic rings. The summed E-state index contributed by atoms with van der Waals surface area (Å²) in [4.78, 5) is 4.98. The highest BCUT2D eigenvalue weighted by Gasteiger charge is 2.29. The summed E-state index contributed by atoms with van der Waals surface area (Å²) in [7, 11) is 0. The summed E-state index contributed by atoms with van der Waals surface area (Å²) >= 11 is 12.6. The van der Waals surface area contributed by atoms with Crippen LogP contribution in [0.1, 0.15) is 49.2 Å². The molecule has 5 nitrogen and oxygen atoms in total. The Hall–Kier alpha value is -2.73. The van der Waals surface area contributed by atoms with Crippen molar-refractivity contribution in [1.29, 1.82) is 0 Å². The van der Waals surface area contributed by atoms with Gasteiger partial charge in [0.2, 0.25) is 0 Å². The van der Waals surface area contributed by atoms with E-state index in [4.69, 9.17) is 37.7 Å². The molecule has 0 bridgehead atoms.